The van der Waals surface area contributed by atoms with Gasteiger partial charge in [-0.3, -0.25) is 0 Å². The number of halogens is 1. The molecule has 2 aromatic carbocycles. The molecule has 3 rings (SSSR count). The minimum atomic E-state index is 0.494. The van der Waals surface area contributed by atoms with E-state index in [4.69, 9.17) is 0 Å². The first-order valence-electron chi connectivity index (χ1n) is 5.32. The molecule has 0 saturated carbocycles. The number of hydrogen-bond acceptors (Lipinski definition) is 1. The normalized spacial score (nSPS) is 14.3. The fourth-order valence-corrected chi connectivity index (χ4v) is 4.06. The molecular formula is C14H11BrS. The number of alkyl halides is 1. The molecule has 1 aliphatic heterocycles. The van der Waals surface area contributed by atoms with Crippen LogP contribution in [0, 0.1) is 0 Å². The lowest BCUT2D eigenvalue weighted by Crippen LogP contribution is -2.09. The minimum absolute atomic E-state index is 0.494. The zero-order chi connectivity index (χ0) is 11.0. The summed E-state index contributed by atoms with van der Waals surface area (Å²) in [6, 6.07) is 17.4. The zero-order valence-corrected chi connectivity index (χ0v) is 11.1. The number of fused-ring (bicyclic) bond motifs is 2. The molecule has 0 nitrogen and oxygen atoms in total. The van der Waals surface area contributed by atoms with Gasteiger partial charge in [-0.15, -0.1) is 0 Å². The molecular weight excluding hydrogens is 280 g/mol. The van der Waals surface area contributed by atoms with Crippen molar-refractivity contribution < 1.29 is 0 Å². The molecule has 0 radical (unpaired) electrons. The smallest absolute Gasteiger partial charge is 0.0209 e. The highest BCUT2D eigenvalue weighted by Gasteiger charge is 2.24. The Kier molecular flexibility index (Phi) is 2.78. The highest BCUT2D eigenvalue weighted by molar-refractivity contribution is 9.09. The van der Waals surface area contributed by atoms with Gasteiger partial charge < -0.3 is 0 Å². The molecule has 0 aromatic heterocycles. The molecule has 0 atom stereocenters. The summed E-state index contributed by atoms with van der Waals surface area (Å²) in [7, 11) is 0. The maximum atomic E-state index is 3.64. The van der Waals surface area contributed by atoms with E-state index in [9.17, 15) is 0 Å². The Morgan fingerprint density at radius 1 is 0.875 bits per heavy atom. The summed E-state index contributed by atoms with van der Waals surface area (Å²) >= 11 is 5.52. The van der Waals surface area contributed by atoms with Gasteiger partial charge in [0.1, 0.15) is 0 Å². The zero-order valence-electron chi connectivity index (χ0n) is 8.69. The van der Waals surface area contributed by atoms with Crippen molar-refractivity contribution in [2.75, 3.05) is 5.33 Å². The van der Waals surface area contributed by atoms with Gasteiger partial charge in [0.25, 0.3) is 0 Å². The Hall–Kier alpha value is -0.730. The molecule has 16 heavy (non-hydrogen) atoms. The summed E-state index contributed by atoms with van der Waals surface area (Å²) in [6.07, 6.45) is 0. The fourth-order valence-electron chi connectivity index (χ4n) is 2.17. The van der Waals surface area contributed by atoms with E-state index in [-0.39, 0.29) is 0 Å². The highest BCUT2D eigenvalue weighted by Crippen LogP contribution is 2.45. The SMILES string of the molecule is BrCC1c2ccccc2Sc2ccccc21. The Morgan fingerprint density at radius 2 is 1.38 bits per heavy atom. The number of rotatable bonds is 1. The average Bonchev–Trinajstić information content (AvgIpc) is 2.36. The Morgan fingerprint density at radius 3 is 1.88 bits per heavy atom. The van der Waals surface area contributed by atoms with Crippen molar-refractivity contribution in [3.05, 3.63) is 59.7 Å². The van der Waals surface area contributed by atoms with E-state index in [1.165, 1.54) is 20.9 Å². The van der Waals surface area contributed by atoms with Crippen LogP contribution in [-0.4, -0.2) is 5.33 Å². The van der Waals surface area contributed by atoms with E-state index in [0.717, 1.165) is 5.33 Å². The van der Waals surface area contributed by atoms with Crippen LogP contribution in [0.2, 0.25) is 0 Å². The van der Waals surface area contributed by atoms with E-state index in [1.807, 2.05) is 11.8 Å². The van der Waals surface area contributed by atoms with Crippen LogP contribution in [0.3, 0.4) is 0 Å². The van der Waals surface area contributed by atoms with Crippen molar-refractivity contribution in [1.82, 2.24) is 0 Å². The van der Waals surface area contributed by atoms with Crippen molar-refractivity contribution in [1.29, 1.82) is 0 Å². The third kappa shape index (κ3) is 1.61. The summed E-state index contributed by atoms with van der Waals surface area (Å²) < 4.78 is 0. The molecule has 0 unspecified atom stereocenters. The van der Waals surface area contributed by atoms with Crippen molar-refractivity contribution >= 4 is 27.7 Å². The maximum absolute atomic E-state index is 3.64. The summed E-state index contributed by atoms with van der Waals surface area (Å²) in [6.45, 7) is 0. The van der Waals surface area contributed by atoms with Gasteiger partial charge in [0.15, 0.2) is 0 Å². The lowest BCUT2D eigenvalue weighted by Gasteiger charge is -2.26. The van der Waals surface area contributed by atoms with E-state index in [2.05, 4.69) is 64.5 Å². The quantitative estimate of drug-likeness (QED) is 0.688. The Bertz CT molecular complexity index is 476. The number of hydrogen-bond donors (Lipinski definition) is 0. The van der Waals surface area contributed by atoms with Crippen molar-refractivity contribution in [3.8, 4) is 0 Å². The molecule has 2 aromatic rings. The predicted molar refractivity (Wildman–Crippen MR) is 72.6 cm³/mol. The molecule has 80 valence electrons. The van der Waals surface area contributed by atoms with Crippen molar-refractivity contribution in [3.63, 3.8) is 0 Å². The molecule has 1 heterocycles. The van der Waals surface area contributed by atoms with Crippen LogP contribution in [-0.2, 0) is 0 Å². The first-order chi connectivity index (χ1) is 7.90. The second-order valence-electron chi connectivity index (χ2n) is 3.88. The second-order valence-corrected chi connectivity index (χ2v) is 5.62. The van der Waals surface area contributed by atoms with Gasteiger partial charge in [-0.2, -0.15) is 0 Å². The molecule has 0 N–H and O–H groups in total. The monoisotopic (exact) mass is 290 g/mol. The van der Waals surface area contributed by atoms with Crippen molar-refractivity contribution in [2.45, 2.75) is 15.7 Å². The van der Waals surface area contributed by atoms with Gasteiger partial charge in [-0.25, -0.2) is 0 Å². The van der Waals surface area contributed by atoms with E-state index < -0.39 is 0 Å². The summed E-state index contributed by atoms with van der Waals surface area (Å²) in [5, 5.41) is 0.988. The third-order valence-corrected chi connectivity index (χ3v) is 4.79. The van der Waals surface area contributed by atoms with Crippen LogP contribution < -0.4 is 0 Å². The summed E-state index contributed by atoms with van der Waals surface area (Å²) in [5.74, 6) is 0.494. The van der Waals surface area contributed by atoms with Gasteiger partial charge in [0.2, 0.25) is 0 Å². The average molecular weight is 291 g/mol. The summed E-state index contributed by atoms with van der Waals surface area (Å²) in [4.78, 5) is 2.79. The Labute approximate surface area is 108 Å². The van der Waals surface area contributed by atoms with Crippen LogP contribution in [0.15, 0.2) is 58.3 Å². The van der Waals surface area contributed by atoms with Gasteiger partial charge in [0, 0.05) is 21.0 Å². The standard InChI is InChI=1S/C14H11BrS/c15-9-12-10-5-1-3-7-13(10)16-14-8-4-2-6-11(12)14/h1-8,12H,9H2. The number of benzene rings is 2. The lowest BCUT2D eigenvalue weighted by molar-refractivity contribution is 0.873. The lowest BCUT2D eigenvalue weighted by atomic mass is 9.92. The predicted octanol–water partition coefficient (Wildman–Crippen LogP) is 4.68. The van der Waals surface area contributed by atoms with Crippen molar-refractivity contribution in [2.24, 2.45) is 0 Å². The molecule has 0 saturated heterocycles. The first-order valence-corrected chi connectivity index (χ1v) is 7.25. The molecule has 0 fully saturated rings. The minimum Gasteiger partial charge on any atom is -0.0918 e. The second kappa shape index (κ2) is 4.27. The van der Waals surface area contributed by atoms with Crippen LogP contribution in [0.1, 0.15) is 17.0 Å². The van der Waals surface area contributed by atoms with E-state index >= 15 is 0 Å². The topological polar surface area (TPSA) is 0 Å². The van der Waals surface area contributed by atoms with Gasteiger partial charge in [-0.05, 0) is 23.3 Å². The molecule has 0 amide bonds. The Balaban J connectivity index is 2.19. The molecule has 0 bridgehead atoms. The van der Waals surface area contributed by atoms with E-state index in [1.54, 1.807) is 0 Å². The highest BCUT2D eigenvalue weighted by atomic mass is 79.9. The van der Waals surface area contributed by atoms with Crippen LogP contribution in [0.25, 0.3) is 0 Å². The molecule has 1 aliphatic rings. The molecule has 2 heteroatoms. The maximum Gasteiger partial charge on any atom is 0.0209 e. The van der Waals surface area contributed by atoms with Crippen LogP contribution >= 0.6 is 27.7 Å². The molecule has 0 spiro atoms. The van der Waals surface area contributed by atoms with Gasteiger partial charge in [0.05, 0.1) is 0 Å². The van der Waals surface area contributed by atoms with E-state index in [0.29, 0.717) is 5.92 Å². The third-order valence-electron chi connectivity index (χ3n) is 2.96. The largest absolute Gasteiger partial charge is 0.0918 e. The van der Waals surface area contributed by atoms with Gasteiger partial charge in [-0.1, -0.05) is 64.1 Å². The van der Waals surface area contributed by atoms with Crippen LogP contribution in [0.5, 0.6) is 0 Å². The van der Waals surface area contributed by atoms with Crippen LogP contribution in [0.4, 0.5) is 0 Å². The summed E-state index contributed by atoms with van der Waals surface area (Å²) in [5.41, 5.74) is 2.89. The molecule has 0 aliphatic carbocycles. The fraction of sp³-hybridized carbons (Fsp3) is 0.143. The first kappa shape index (κ1) is 10.4. The van der Waals surface area contributed by atoms with Gasteiger partial charge >= 0.3 is 0 Å².